The first-order valence-electron chi connectivity index (χ1n) is 11.7. The molecule has 2 heterocycles. The highest BCUT2D eigenvalue weighted by atomic mass is 35.5. The first-order valence-corrected chi connectivity index (χ1v) is 11.7. The topological polar surface area (TPSA) is 47.5 Å². The van der Waals surface area contributed by atoms with Gasteiger partial charge in [0.15, 0.2) is 0 Å². The highest BCUT2D eigenvalue weighted by Crippen LogP contribution is 2.44. The summed E-state index contributed by atoms with van der Waals surface area (Å²) >= 11 is 0. The second kappa shape index (κ2) is 11.5. The van der Waals surface area contributed by atoms with E-state index in [0.717, 1.165) is 37.4 Å². The van der Waals surface area contributed by atoms with Gasteiger partial charge in [-0.1, -0.05) is 18.6 Å². The molecule has 1 aromatic heterocycles. The van der Waals surface area contributed by atoms with Crippen molar-refractivity contribution in [3.8, 4) is 22.8 Å². The Morgan fingerprint density at radius 2 is 1.44 bits per heavy atom. The van der Waals surface area contributed by atoms with Crippen LogP contribution in [0.25, 0.3) is 11.1 Å². The number of piperidine rings is 1. The Labute approximate surface area is 204 Å². The van der Waals surface area contributed by atoms with Crippen LogP contribution in [-0.4, -0.2) is 47.4 Å². The quantitative estimate of drug-likeness (QED) is 0.504. The summed E-state index contributed by atoms with van der Waals surface area (Å²) in [5.74, 6) is 2.18. The summed E-state index contributed by atoms with van der Waals surface area (Å²) < 4.78 is 12.4. The van der Waals surface area contributed by atoms with E-state index in [4.69, 9.17) is 9.47 Å². The Hall–Kier alpha value is -1.56. The van der Waals surface area contributed by atoms with E-state index in [2.05, 4.69) is 52.5 Å². The van der Waals surface area contributed by atoms with Crippen LogP contribution in [0.1, 0.15) is 69.4 Å². The Balaban J connectivity index is 0.00000144. The number of hydrogen-bond acceptors (Lipinski definition) is 5. The molecule has 0 radical (unpaired) electrons. The van der Waals surface area contributed by atoms with Crippen molar-refractivity contribution >= 4 is 24.8 Å². The smallest absolute Gasteiger partial charge is 0.234 e. The van der Waals surface area contributed by atoms with Gasteiger partial charge in [0.25, 0.3) is 0 Å². The molecule has 1 aliphatic heterocycles. The zero-order valence-electron chi connectivity index (χ0n) is 18.9. The molecule has 0 spiro atoms. The van der Waals surface area contributed by atoms with Gasteiger partial charge in [-0.3, -0.25) is 0 Å². The Kier molecular flexibility index (Phi) is 9.04. The highest BCUT2D eigenvalue weighted by molar-refractivity contribution is 5.85. The number of benzene rings is 1. The van der Waals surface area contributed by atoms with Gasteiger partial charge in [-0.15, -0.1) is 29.9 Å². The molecule has 5 nitrogen and oxygen atoms in total. The van der Waals surface area contributed by atoms with E-state index in [0.29, 0.717) is 17.9 Å². The predicted molar refractivity (Wildman–Crippen MR) is 133 cm³/mol. The molecular formula is C25H35Cl2N3O2. The van der Waals surface area contributed by atoms with Crippen LogP contribution in [-0.2, 0) is 0 Å². The number of halogens is 2. The van der Waals surface area contributed by atoms with Gasteiger partial charge in [0.05, 0.1) is 11.8 Å². The minimum atomic E-state index is 0. The number of ether oxygens (including phenoxy) is 2. The molecule has 3 aliphatic rings. The average molecular weight is 480 g/mol. The zero-order valence-corrected chi connectivity index (χ0v) is 20.5. The molecule has 1 aromatic carbocycles. The fraction of sp³-hybridized carbons (Fsp3) is 0.600. The molecule has 7 heteroatoms. The minimum Gasteiger partial charge on any atom is -0.490 e. The van der Waals surface area contributed by atoms with E-state index in [1.807, 2.05) is 0 Å². The summed E-state index contributed by atoms with van der Waals surface area (Å²) in [6, 6.07) is 10.7. The lowest BCUT2D eigenvalue weighted by molar-refractivity contribution is 0.109. The third-order valence-corrected chi connectivity index (χ3v) is 6.74. The second-order valence-electron chi connectivity index (χ2n) is 9.28. The van der Waals surface area contributed by atoms with E-state index >= 15 is 0 Å². The third kappa shape index (κ3) is 6.27. The summed E-state index contributed by atoms with van der Waals surface area (Å²) in [6.07, 6.45) is 11.4. The van der Waals surface area contributed by atoms with Gasteiger partial charge in [-0.05, 0) is 76.1 Å². The summed E-state index contributed by atoms with van der Waals surface area (Å²) in [6.45, 7) is 2.15. The normalized spacial score (nSPS) is 20.2. The van der Waals surface area contributed by atoms with E-state index in [9.17, 15) is 0 Å². The standard InChI is InChI=1S/C25H33N3O2.2ClH/c1-28-15-13-22(14-16-28)30-24-17-23(25(27-26-24)19-7-8-19)18-9-11-21(12-10-18)29-20-5-3-2-4-6-20;;/h9-12,17,19-20,22H,2-8,13-16H2,1H3;2*1H. The van der Waals surface area contributed by atoms with E-state index in [-0.39, 0.29) is 30.9 Å². The molecule has 0 N–H and O–H groups in total. The van der Waals surface area contributed by atoms with Gasteiger partial charge >= 0.3 is 0 Å². The van der Waals surface area contributed by atoms with Crippen LogP contribution in [0, 0.1) is 0 Å². The largest absolute Gasteiger partial charge is 0.490 e. The Morgan fingerprint density at radius 1 is 0.781 bits per heavy atom. The second-order valence-corrected chi connectivity index (χ2v) is 9.28. The highest BCUT2D eigenvalue weighted by Gasteiger charge is 2.29. The number of likely N-dealkylation sites (tertiary alicyclic amines) is 1. The number of nitrogens with zero attached hydrogens (tertiary/aromatic N) is 3. The molecule has 2 aliphatic carbocycles. The van der Waals surface area contributed by atoms with Crippen molar-refractivity contribution < 1.29 is 9.47 Å². The molecule has 176 valence electrons. The van der Waals surface area contributed by atoms with E-state index < -0.39 is 0 Å². The van der Waals surface area contributed by atoms with Gasteiger partial charge in [0, 0.05) is 30.6 Å². The van der Waals surface area contributed by atoms with Gasteiger partial charge in [-0.25, -0.2) is 0 Å². The molecule has 2 saturated carbocycles. The van der Waals surface area contributed by atoms with Gasteiger partial charge < -0.3 is 14.4 Å². The molecule has 0 bridgehead atoms. The lowest BCUT2D eigenvalue weighted by atomic mass is 9.97. The monoisotopic (exact) mass is 479 g/mol. The molecule has 0 atom stereocenters. The fourth-order valence-corrected chi connectivity index (χ4v) is 4.69. The molecular weight excluding hydrogens is 445 g/mol. The molecule has 5 rings (SSSR count). The van der Waals surface area contributed by atoms with Crippen LogP contribution in [0.3, 0.4) is 0 Å². The van der Waals surface area contributed by atoms with Crippen LogP contribution in [0.4, 0.5) is 0 Å². The maximum absolute atomic E-state index is 6.22. The lowest BCUT2D eigenvalue weighted by Crippen LogP contribution is -2.35. The molecule has 0 unspecified atom stereocenters. The number of aromatic nitrogens is 2. The van der Waals surface area contributed by atoms with Crippen molar-refractivity contribution in [2.24, 2.45) is 0 Å². The molecule has 32 heavy (non-hydrogen) atoms. The summed E-state index contributed by atoms with van der Waals surface area (Å²) in [5, 5.41) is 9.02. The van der Waals surface area contributed by atoms with Gasteiger partial charge in [0.1, 0.15) is 11.9 Å². The van der Waals surface area contributed by atoms with E-state index in [1.54, 1.807) is 0 Å². The van der Waals surface area contributed by atoms with Crippen molar-refractivity contribution in [1.82, 2.24) is 15.1 Å². The van der Waals surface area contributed by atoms with Crippen LogP contribution >= 0.6 is 24.8 Å². The maximum Gasteiger partial charge on any atom is 0.234 e. The summed E-state index contributed by atoms with van der Waals surface area (Å²) in [4.78, 5) is 2.35. The summed E-state index contributed by atoms with van der Waals surface area (Å²) in [7, 11) is 2.17. The van der Waals surface area contributed by atoms with Crippen molar-refractivity contribution in [3.63, 3.8) is 0 Å². The maximum atomic E-state index is 6.22. The SMILES string of the molecule is CN1CCC(Oc2cc(-c3ccc(OC4CCCCC4)cc3)c(C3CC3)nn2)CC1.Cl.Cl. The van der Waals surface area contributed by atoms with Crippen LogP contribution in [0.2, 0.25) is 0 Å². The zero-order chi connectivity index (χ0) is 20.3. The first-order chi connectivity index (χ1) is 14.7. The Morgan fingerprint density at radius 3 is 2.09 bits per heavy atom. The first kappa shape index (κ1) is 25.1. The fourth-order valence-electron chi connectivity index (χ4n) is 4.69. The molecule has 0 amide bonds. The molecule has 1 saturated heterocycles. The van der Waals surface area contributed by atoms with Crippen molar-refractivity contribution in [3.05, 3.63) is 36.0 Å². The lowest BCUT2D eigenvalue weighted by Gasteiger charge is -2.28. The van der Waals surface area contributed by atoms with Crippen molar-refractivity contribution in [1.29, 1.82) is 0 Å². The van der Waals surface area contributed by atoms with Crippen LogP contribution < -0.4 is 9.47 Å². The third-order valence-electron chi connectivity index (χ3n) is 6.74. The van der Waals surface area contributed by atoms with Crippen molar-refractivity contribution in [2.75, 3.05) is 20.1 Å². The molecule has 2 aromatic rings. The van der Waals surface area contributed by atoms with Gasteiger partial charge in [-0.2, -0.15) is 5.10 Å². The molecule has 3 fully saturated rings. The van der Waals surface area contributed by atoms with Crippen molar-refractivity contribution in [2.45, 2.75) is 75.9 Å². The van der Waals surface area contributed by atoms with Crippen LogP contribution in [0.15, 0.2) is 30.3 Å². The summed E-state index contributed by atoms with van der Waals surface area (Å²) in [5.41, 5.74) is 3.46. The Bertz CT molecular complexity index is 847. The minimum absolute atomic E-state index is 0. The number of rotatable bonds is 6. The van der Waals surface area contributed by atoms with Gasteiger partial charge in [0.2, 0.25) is 5.88 Å². The van der Waals surface area contributed by atoms with Crippen LogP contribution in [0.5, 0.6) is 11.6 Å². The predicted octanol–water partition coefficient (Wildman–Crippen LogP) is 6.05. The number of hydrogen-bond donors (Lipinski definition) is 0. The average Bonchev–Trinajstić information content (AvgIpc) is 3.62. The van der Waals surface area contributed by atoms with E-state index in [1.165, 1.54) is 56.1 Å².